The quantitative estimate of drug-likeness (QED) is 0.591. The molecule has 2 aliphatic heterocycles. The van der Waals surface area contributed by atoms with Crippen molar-refractivity contribution in [2.45, 2.75) is 44.8 Å². The molecule has 1 unspecified atom stereocenters. The van der Waals surface area contributed by atoms with Crippen molar-refractivity contribution in [1.29, 1.82) is 0 Å². The Bertz CT molecular complexity index is 1560. The molecule has 0 saturated heterocycles. The Morgan fingerprint density at radius 2 is 1.76 bits per heavy atom. The summed E-state index contributed by atoms with van der Waals surface area (Å²) in [5.41, 5.74) is -0.0980. The standard InChI is InChI=1S/C25H28FN3O6S2/c1-25(2,3)23-21(30)19(24(31)29(23)13-15-9-11-17(26)12-10-15)20-18-8-6-7-16(14-28(4)36(5,32)33)22(18)37(34,35)27-20/h6-12,23,30H,13-14H2,1-5H3. The van der Waals surface area contributed by atoms with Crippen LogP contribution in [-0.4, -0.2) is 62.1 Å². The molecule has 12 heteroatoms. The first kappa shape index (κ1) is 27.0. The number of hydrogen-bond donors (Lipinski definition) is 1. The lowest BCUT2D eigenvalue weighted by Crippen LogP contribution is -2.43. The molecule has 37 heavy (non-hydrogen) atoms. The molecule has 1 atom stereocenters. The Morgan fingerprint density at radius 3 is 2.32 bits per heavy atom. The van der Waals surface area contributed by atoms with Crippen LogP contribution in [0, 0.1) is 11.2 Å². The van der Waals surface area contributed by atoms with E-state index in [0.717, 1.165) is 10.6 Å². The molecule has 0 fully saturated rings. The van der Waals surface area contributed by atoms with E-state index in [4.69, 9.17) is 0 Å². The highest BCUT2D eigenvalue weighted by Crippen LogP contribution is 2.41. The zero-order valence-corrected chi connectivity index (χ0v) is 22.7. The minimum Gasteiger partial charge on any atom is -0.509 e. The van der Waals surface area contributed by atoms with Gasteiger partial charge in [0.25, 0.3) is 15.9 Å². The molecule has 4 rings (SSSR count). The van der Waals surface area contributed by atoms with Crippen molar-refractivity contribution in [3.05, 3.63) is 76.3 Å². The van der Waals surface area contributed by atoms with Crippen LogP contribution in [0.4, 0.5) is 4.39 Å². The molecule has 2 aliphatic rings. The SMILES string of the molecule is CN(Cc1cccc2c1S(=O)(=O)N=C2C1=C(O)C(C(C)(C)C)N(Cc2ccc(F)cc2)C1=O)S(C)(=O)=O. The first-order valence-corrected chi connectivity index (χ1v) is 14.7. The van der Waals surface area contributed by atoms with Crippen molar-refractivity contribution in [3.63, 3.8) is 0 Å². The van der Waals surface area contributed by atoms with Gasteiger partial charge in [-0.15, -0.1) is 0 Å². The molecular formula is C25H28FN3O6S2. The Hall–Kier alpha value is -3.09. The average molecular weight is 550 g/mol. The number of hydrogen-bond acceptors (Lipinski definition) is 6. The minimum absolute atomic E-state index is 0.0562. The van der Waals surface area contributed by atoms with Gasteiger partial charge in [-0.1, -0.05) is 51.1 Å². The van der Waals surface area contributed by atoms with E-state index in [2.05, 4.69) is 4.40 Å². The molecule has 2 aromatic carbocycles. The van der Waals surface area contributed by atoms with E-state index in [1.54, 1.807) is 6.07 Å². The lowest BCUT2D eigenvalue weighted by atomic mass is 9.84. The second kappa shape index (κ2) is 9.03. The van der Waals surface area contributed by atoms with Crippen molar-refractivity contribution in [2.24, 2.45) is 9.81 Å². The normalized spacial score (nSPS) is 19.5. The van der Waals surface area contributed by atoms with E-state index in [0.29, 0.717) is 5.56 Å². The second-order valence-corrected chi connectivity index (χ2v) is 13.9. The second-order valence-electron chi connectivity index (χ2n) is 10.3. The molecule has 0 aromatic heterocycles. The maximum atomic E-state index is 13.7. The number of sulfonamides is 2. The van der Waals surface area contributed by atoms with Crippen molar-refractivity contribution in [2.75, 3.05) is 13.3 Å². The number of amides is 1. The summed E-state index contributed by atoms with van der Waals surface area (Å²) in [5.74, 6) is -1.34. The van der Waals surface area contributed by atoms with Gasteiger partial charge >= 0.3 is 0 Å². The summed E-state index contributed by atoms with van der Waals surface area (Å²) in [6.45, 7) is 5.34. The van der Waals surface area contributed by atoms with Crippen LogP contribution in [0.25, 0.3) is 0 Å². The van der Waals surface area contributed by atoms with Crippen LogP contribution in [0.2, 0.25) is 0 Å². The Kier molecular flexibility index (Phi) is 6.58. The molecule has 1 amide bonds. The zero-order valence-electron chi connectivity index (χ0n) is 21.1. The molecule has 0 aliphatic carbocycles. The van der Waals surface area contributed by atoms with Gasteiger partial charge < -0.3 is 10.0 Å². The number of fused-ring (bicyclic) bond motifs is 1. The Labute approximate surface area is 216 Å². The lowest BCUT2D eigenvalue weighted by molar-refractivity contribution is -0.129. The molecule has 0 radical (unpaired) electrons. The molecule has 2 heterocycles. The van der Waals surface area contributed by atoms with Gasteiger partial charge in [0, 0.05) is 25.7 Å². The first-order chi connectivity index (χ1) is 17.0. The van der Waals surface area contributed by atoms with Gasteiger partial charge in [0.1, 0.15) is 27.8 Å². The summed E-state index contributed by atoms with van der Waals surface area (Å²) in [6.07, 6.45) is 1.01. The Balaban J connectivity index is 1.82. The fourth-order valence-electron chi connectivity index (χ4n) is 4.66. The third-order valence-electron chi connectivity index (χ3n) is 6.41. The molecule has 2 aromatic rings. The summed E-state index contributed by atoms with van der Waals surface area (Å²) in [6, 6.07) is 9.34. The largest absolute Gasteiger partial charge is 0.509 e. The summed E-state index contributed by atoms with van der Waals surface area (Å²) in [4.78, 5) is 14.9. The predicted octanol–water partition coefficient (Wildman–Crippen LogP) is 2.98. The highest BCUT2D eigenvalue weighted by Gasteiger charge is 2.49. The van der Waals surface area contributed by atoms with Gasteiger partial charge in [0.05, 0.1) is 12.3 Å². The van der Waals surface area contributed by atoms with Gasteiger partial charge in [-0.2, -0.15) is 12.8 Å². The van der Waals surface area contributed by atoms with Crippen LogP contribution >= 0.6 is 0 Å². The summed E-state index contributed by atoms with van der Waals surface area (Å²) in [5, 5.41) is 11.3. The number of halogens is 1. The smallest absolute Gasteiger partial charge is 0.283 e. The number of aliphatic hydroxyl groups is 1. The summed E-state index contributed by atoms with van der Waals surface area (Å²) < 4.78 is 68.5. The topological polar surface area (TPSA) is 124 Å². The molecule has 9 nitrogen and oxygen atoms in total. The zero-order chi connectivity index (χ0) is 27.5. The fourth-order valence-corrected chi connectivity index (χ4v) is 6.46. The Morgan fingerprint density at radius 1 is 1.14 bits per heavy atom. The third kappa shape index (κ3) is 4.92. The van der Waals surface area contributed by atoms with E-state index in [1.165, 1.54) is 48.3 Å². The van der Waals surface area contributed by atoms with Gasteiger partial charge in [0.15, 0.2) is 0 Å². The highest BCUT2D eigenvalue weighted by molar-refractivity contribution is 7.91. The predicted molar refractivity (Wildman–Crippen MR) is 136 cm³/mol. The number of aliphatic hydroxyl groups excluding tert-OH is 1. The highest BCUT2D eigenvalue weighted by atomic mass is 32.2. The maximum Gasteiger partial charge on any atom is 0.283 e. The maximum absolute atomic E-state index is 13.7. The van der Waals surface area contributed by atoms with Crippen molar-refractivity contribution in [3.8, 4) is 0 Å². The molecule has 0 saturated carbocycles. The molecule has 0 spiro atoms. The third-order valence-corrected chi connectivity index (χ3v) is 9.09. The van der Waals surface area contributed by atoms with Crippen LogP contribution in [0.3, 0.4) is 0 Å². The molecule has 198 valence electrons. The summed E-state index contributed by atoms with van der Waals surface area (Å²) >= 11 is 0. The van der Waals surface area contributed by atoms with E-state index in [1.807, 2.05) is 20.8 Å². The number of nitrogens with zero attached hydrogens (tertiary/aromatic N) is 3. The minimum atomic E-state index is -4.29. The number of benzene rings is 2. The van der Waals surface area contributed by atoms with Gasteiger partial charge in [0.2, 0.25) is 10.0 Å². The number of carbonyl (C=O) groups is 1. The van der Waals surface area contributed by atoms with E-state index in [9.17, 15) is 31.1 Å². The number of rotatable bonds is 6. The van der Waals surface area contributed by atoms with Crippen LogP contribution < -0.4 is 0 Å². The van der Waals surface area contributed by atoms with Crippen molar-refractivity contribution in [1.82, 2.24) is 9.21 Å². The molecular weight excluding hydrogens is 521 g/mol. The van der Waals surface area contributed by atoms with E-state index >= 15 is 0 Å². The van der Waals surface area contributed by atoms with Crippen LogP contribution in [-0.2, 0) is 37.9 Å². The van der Waals surface area contributed by atoms with Crippen molar-refractivity contribution >= 4 is 31.7 Å². The average Bonchev–Trinajstić information content (AvgIpc) is 3.18. The number of carbonyl (C=O) groups excluding carboxylic acids is 1. The van der Waals surface area contributed by atoms with E-state index in [-0.39, 0.29) is 46.2 Å². The first-order valence-electron chi connectivity index (χ1n) is 11.4. The van der Waals surface area contributed by atoms with Crippen LogP contribution in [0.1, 0.15) is 37.5 Å². The van der Waals surface area contributed by atoms with Gasteiger partial charge in [-0.3, -0.25) is 4.79 Å². The van der Waals surface area contributed by atoms with Crippen LogP contribution in [0.5, 0.6) is 0 Å². The molecule has 1 N–H and O–H groups in total. The lowest BCUT2D eigenvalue weighted by Gasteiger charge is -2.35. The monoisotopic (exact) mass is 549 g/mol. The van der Waals surface area contributed by atoms with Crippen LogP contribution in [0.15, 0.2) is 63.1 Å². The van der Waals surface area contributed by atoms with E-state index < -0.39 is 43.2 Å². The van der Waals surface area contributed by atoms with Gasteiger partial charge in [-0.25, -0.2) is 17.1 Å². The fraction of sp³-hybridized carbons (Fsp3) is 0.360. The summed E-state index contributed by atoms with van der Waals surface area (Å²) in [7, 11) is -6.56. The van der Waals surface area contributed by atoms with Gasteiger partial charge in [-0.05, 0) is 28.7 Å². The molecule has 0 bridgehead atoms. The van der Waals surface area contributed by atoms with Crippen molar-refractivity contribution < 1.29 is 31.1 Å².